The molecule has 0 heterocycles. The lowest BCUT2D eigenvalue weighted by Gasteiger charge is -2.17. The van der Waals surface area contributed by atoms with Gasteiger partial charge in [0.1, 0.15) is 0 Å². The molecule has 0 rings (SSSR count). The molecule has 0 radical (unpaired) electrons. The first kappa shape index (κ1) is 17.8. The zero-order valence-electron chi connectivity index (χ0n) is 11.9. The summed E-state index contributed by atoms with van der Waals surface area (Å²) in [7, 11) is -3.54. The monoisotopic (exact) mass is 278 g/mol. The van der Waals surface area contributed by atoms with Gasteiger partial charge in [-0.2, -0.15) is 0 Å². The third kappa shape index (κ3) is 7.30. The molecule has 108 valence electrons. The molecule has 4 nitrogen and oxygen atoms in total. The van der Waals surface area contributed by atoms with Crippen molar-refractivity contribution in [1.82, 2.24) is 0 Å². The minimum absolute atomic E-state index is 0.284. The summed E-state index contributed by atoms with van der Waals surface area (Å²) in [5.41, 5.74) is -0.364. The Bertz CT molecular complexity index is 252. The van der Waals surface area contributed by atoms with Crippen LogP contribution in [-0.4, -0.2) is 18.7 Å². The van der Waals surface area contributed by atoms with Crippen molar-refractivity contribution in [2.45, 2.75) is 65.7 Å². The maximum atomic E-state index is 12.4. The minimum atomic E-state index is -3.54. The molecule has 0 aliphatic heterocycles. The van der Waals surface area contributed by atoms with Gasteiger partial charge in [-0.15, -0.1) is 0 Å². The molecular weight excluding hydrogens is 251 g/mol. The first-order valence-electron chi connectivity index (χ1n) is 7.03. The smallest absolute Gasteiger partial charge is 0.303 e. The Balaban J connectivity index is 4.37. The van der Waals surface area contributed by atoms with Gasteiger partial charge >= 0.3 is 7.60 Å². The Labute approximate surface area is 111 Å². The summed E-state index contributed by atoms with van der Waals surface area (Å²) >= 11 is 0. The lowest BCUT2D eigenvalue weighted by atomic mass is 10.3. The Hall–Kier alpha value is -0.180. The van der Waals surface area contributed by atoms with E-state index in [4.69, 9.17) is 9.05 Å². The summed E-state index contributed by atoms with van der Waals surface area (Å²) < 4.78 is 22.9. The predicted octanol–water partition coefficient (Wildman–Crippen LogP) is 4.53. The van der Waals surface area contributed by atoms with Crippen molar-refractivity contribution in [3.8, 4) is 0 Å². The maximum Gasteiger partial charge on any atom is 0.396 e. The van der Waals surface area contributed by atoms with Crippen LogP contribution in [0.4, 0.5) is 0 Å². The standard InChI is InChI=1S/C13H27O4P/c1-4-7-10-13(14)18(15,16-11-8-5-2)17-12-9-6-3/h4-12H2,1-3H3. The van der Waals surface area contributed by atoms with Crippen LogP contribution in [0.25, 0.3) is 0 Å². The summed E-state index contributed by atoms with van der Waals surface area (Å²) in [6.07, 6.45) is 5.39. The fourth-order valence-electron chi connectivity index (χ4n) is 1.30. The molecule has 0 fully saturated rings. The van der Waals surface area contributed by atoms with Crippen LogP contribution in [0.1, 0.15) is 65.7 Å². The Morgan fingerprint density at radius 3 is 1.72 bits per heavy atom. The van der Waals surface area contributed by atoms with Gasteiger partial charge in [0.05, 0.1) is 13.2 Å². The van der Waals surface area contributed by atoms with Gasteiger partial charge in [-0.1, -0.05) is 40.0 Å². The normalized spacial score (nSPS) is 11.7. The Morgan fingerprint density at radius 2 is 1.33 bits per heavy atom. The van der Waals surface area contributed by atoms with Gasteiger partial charge in [-0.3, -0.25) is 9.36 Å². The first-order chi connectivity index (χ1) is 8.60. The third-order valence-corrected chi connectivity index (χ3v) is 4.45. The van der Waals surface area contributed by atoms with Gasteiger partial charge in [0.2, 0.25) is 5.52 Å². The van der Waals surface area contributed by atoms with E-state index in [2.05, 4.69) is 0 Å². The molecule has 0 spiro atoms. The van der Waals surface area contributed by atoms with Crippen molar-refractivity contribution in [2.75, 3.05) is 13.2 Å². The molecule has 0 amide bonds. The fraction of sp³-hybridized carbons (Fsp3) is 0.923. The van der Waals surface area contributed by atoms with E-state index in [1.165, 1.54) is 0 Å². The second-order valence-electron chi connectivity index (χ2n) is 4.37. The van der Waals surface area contributed by atoms with E-state index >= 15 is 0 Å². The van der Waals surface area contributed by atoms with E-state index in [0.29, 0.717) is 13.2 Å². The molecule has 0 aliphatic rings. The average molecular weight is 278 g/mol. The van der Waals surface area contributed by atoms with E-state index in [9.17, 15) is 9.36 Å². The van der Waals surface area contributed by atoms with Crippen LogP contribution in [0.2, 0.25) is 0 Å². The van der Waals surface area contributed by atoms with Gasteiger partial charge in [0, 0.05) is 6.42 Å². The number of rotatable bonds is 12. The van der Waals surface area contributed by atoms with Crippen molar-refractivity contribution in [3.05, 3.63) is 0 Å². The van der Waals surface area contributed by atoms with Crippen molar-refractivity contribution >= 4 is 13.1 Å². The van der Waals surface area contributed by atoms with Crippen LogP contribution in [0.5, 0.6) is 0 Å². The van der Waals surface area contributed by atoms with Crippen LogP contribution >= 0.6 is 7.60 Å². The molecule has 0 aromatic heterocycles. The molecule has 0 bridgehead atoms. The third-order valence-electron chi connectivity index (χ3n) is 2.57. The van der Waals surface area contributed by atoms with E-state index in [1.54, 1.807) is 0 Å². The van der Waals surface area contributed by atoms with Gasteiger partial charge in [0.25, 0.3) is 0 Å². The van der Waals surface area contributed by atoms with Gasteiger partial charge in [-0.25, -0.2) is 0 Å². The highest BCUT2D eigenvalue weighted by Crippen LogP contribution is 2.50. The van der Waals surface area contributed by atoms with Crippen LogP contribution in [0.15, 0.2) is 0 Å². The van der Waals surface area contributed by atoms with E-state index in [1.807, 2.05) is 20.8 Å². The molecule has 0 aromatic carbocycles. The highest BCUT2D eigenvalue weighted by molar-refractivity contribution is 7.71. The second kappa shape index (κ2) is 10.7. The highest BCUT2D eigenvalue weighted by atomic mass is 31.2. The van der Waals surface area contributed by atoms with Crippen LogP contribution in [-0.2, 0) is 18.4 Å². The molecule has 0 aromatic rings. The van der Waals surface area contributed by atoms with E-state index in [0.717, 1.165) is 38.5 Å². The lowest BCUT2D eigenvalue weighted by Crippen LogP contribution is -2.08. The quantitative estimate of drug-likeness (QED) is 0.389. The van der Waals surface area contributed by atoms with Crippen molar-refractivity contribution < 1.29 is 18.4 Å². The summed E-state index contributed by atoms with van der Waals surface area (Å²) in [5.74, 6) is 0. The molecule has 5 heteroatoms. The Kier molecular flexibility index (Phi) is 10.6. The number of hydrogen-bond donors (Lipinski definition) is 0. The fourth-order valence-corrected chi connectivity index (χ4v) is 2.84. The Morgan fingerprint density at radius 1 is 0.889 bits per heavy atom. The molecule has 0 N–H and O–H groups in total. The average Bonchev–Trinajstić information content (AvgIpc) is 2.36. The molecule has 0 aliphatic carbocycles. The van der Waals surface area contributed by atoms with Crippen molar-refractivity contribution in [2.24, 2.45) is 0 Å². The van der Waals surface area contributed by atoms with Gasteiger partial charge in [0.15, 0.2) is 0 Å². The maximum absolute atomic E-state index is 12.4. The van der Waals surface area contributed by atoms with E-state index in [-0.39, 0.29) is 11.9 Å². The molecule has 0 unspecified atom stereocenters. The van der Waals surface area contributed by atoms with Gasteiger partial charge < -0.3 is 9.05 Å². The van der Waals surface area contributed by atoms with Crippen LogP contribution < -0.4 is 0 Å². The largest absolute Gasteiger partial charge is 0.396 e. The molecule has 0 saturated heterocycles. The topological polar surface area (TPSA) is 52.6 Å². The number of unbranched alkanes of at least 4 members (excludes halogenated alkanes) is 3. The molecule has 0 saturated carbocycles. The zero-order valence-corrected chi connectivity index (χ0v) is 12.8. The second-order valence-corrected chi connectivity index (χ2v) is 6.38. The minimum Gasteiger partial charge on any atom is -0.303 e. The lowest BCUT2D eigenvalue weighted by molar-refractivity contribution is -0.114. The van der Waals surface area contributed by atoms with Crippen molar-refractivity contribution in [3.63, 3.8) is 0 Å². The van der Waals surface area contributed by atoms with Crippen molar-refractivity contribution in [1.29, 1.82) is 0 Å². The SMILES string of the molecule is CCCCOP(=O)(OCCCC)C(=O)CCCC. The van der Waals surface area contributed by atoms with E-state index < -0.39 is 7.60 Å². The molecule has 0 atom stereocenters. The number of hydrogen-bond acceptors (Lipinski definition) is 4. The van der Waals surface area contributed by atoms with Crippen LogP contribution in [0, 0.1) is 0 Å². The molecule has 18 heavy (non-hydrogen) atoms. The summed E-state index contributed by atoms with van der Waals surface area (Å²) in [4.78, 5) is 11.9. The summed E-state index contributed by atoms with van der Waals surface area (Å²) in [6, 6.07) is 0. The van der Waals surface area contributed by atoms with Crippen LogP contribution in [0.3, 0.4) is 0 Å². The number of carbonyl (C=O) groups excluding carboxylic acids is 1. The molecular formula is C13H27O4P. The zero-order chi connectivity index (χ0) is 13.9. The summed E-state index contributed by atoms with van der Waals surface area (Å²) in [5, 5.41) is 0. The van der Waals surface area contributed by atoms with Gasteiger partial charge in [-0.05, 0) is 19.3 Å². The summed E-state index contributed by atoms with van der Waals surface area (Å²) in [6.45, 7) is 6.69. The predicted molar refractivity (Wildman–Crippen MR) is 73.9 cm³/mol. The number of carbonyl (C=O) groups is 1. The first-order valence-corrected chi connectivity index (χ1v) is 8.57. The highest BCUT2D eigenvalue weighted by Gasteiger charge is 2.33.